The zero-order valence-electron chi connectivity index (χ0n) is 4.24. The van der Waals surface area contributed by atoms with Crippen LogP contribution in [0.4, 0.5) is 0 Å². The summed E-state index contributed by atoms with van der Waals surface area (Å²) in [5.41, 5.74) is 0. The van der Waals surface area contributed by atoms with Gasteiger partial charge in [-0.1, -0.05) is 0 Å². The molecule has 0 aliphatic heterocycles. The van der Waals surface area contributed by atoms with Gasteiger partial charge in [-0.2, -0.15) is 0 Å². The van der Waals surface area contributed by atoms with Gasteiger partial charge in [0.1, 0.15) is 0 Å². The van der Waals surface area contributed by atoms with Crippen LogP contribution in [0, 0.1) is 5.41 Å². The molecule has 0 aromatic carbocycles. The monoisotopic (exact) mass is 120 g/mol. The van der Waals surface area contributed by atoms with Gasteiger partial charge in [0, 0.05) is 12.8 Å². The summed E-state index contributed by atoms with van der Waals surface area (Å²) in [7, 11) is 1.80. The second kappa shape index (κ2) is 4.09. The topological polar surface area (TPSA) is 35.9 Å². The van der Waals surface area contributed by atoms with Gasteiger partial charge >= 0.3 is 0 Å². The average molecular weight is 121 g/mol. The van der Waals surface area contributed by atoms with Gasteiger partial charge < -0.3 is 10.7 Å². The number of halogens is 1. The first-order valence-electron chi connectivity index (χ1n) is 2.10. The van der Waals surface area contributed by atoms with E-state index in [1.54, 1.807) is 7.05 Å². The molecule has 3 heteroatoms. The van der Waals surface area contributed by atoms with Crippen LogP contribution in [0.1, 0.15) is 0 Å². The molecule has 1 unspecified atom stereocenters. The molecule has 0 bridgehead atoms. The van der Waals surface area contributed by atoms with Gasteiger partial charge in [-0.05, 0) is 7.05 Å². The highest BCUT2D eigenvalue weighted by Gasteiger charge is 1.92. The highest BCUT2D eigenvalue weighted by Crippen LogP contribution is 1.85. The molecule has 42 valence electrons. The average Bonchev–Trinajstić information content (AvgIpc) is 1.68. The molecule has 0 saturated heterocycles. The van der Waals surface area contributed by atoms with Crippen molar-refractivity contribution in [2.75, 3.05) is 13.6 Å². The minimum Gasteiger partial charge on any atom is -0.318 e. The standard InChI is InChI=1S/C4H9ClN2/c1-7-3-4(5)2-6/h2,4,6-7H,3H2,1H3. The van der Waals surface area contributed by atoms with Gasteiger partial charge in [0.2, 0.25) is 0 Å². The van der Waals surface area contributed by atoms with E-state index in [4.69, 9.17) is 17.0 Å². The fraction of sp³-hybridized carbons (Fsp3) is 0.750. The minimum absolute atomic E-state index is 0.148. The van der Waals surface area contributed by atoms with E-state index in [0.717, 1.165) is 0 Å². The van der Waals surface area contributed by atoms with E-state index >= 15 is 0 Å². The first kappa shape index (κ1) is 6.92. The van der Waals surface area contributed by atoms with E-state index in [1.165, 1.54) is 6.21 Å². The van der Waals surface area contributed by atoms with Crippen molar-refractivity contribution < 1.29 is 0 Å². The van der Waals surface area contributed by atoms with Crippen molar-refractivity contribution in [3.63, 3.8) is 0 Å². The molecule has 0 heterocycles. The molecule has 0 radical (unpaired) electrons. The third-order valence-corrected chi connectivity index (χ3v) is 0.860. The van der Waals surface area contributed by atoms with E-state index < -0.39 is 0 Å². The van der Waals surface area contributed by atoms with Crippen LogP contribution in [0.25, 0.3) is 0 Å². The summed E-state index contributed by atoms with van der Waals surface area (Å²) in [6.45, 7) is 0.672. The summed E-state index contributed by atoms with van der Waals surface area (Å²) in [6.07, 6.45) is 1.21. The van der Waals surface area contributed by atoms with Crippen LogP contribution in [0.3, 0.4) is 0 Å². The predicted octanol–water partition coefficient (Wildman–Crippen LogP) is 0.463. The number of nitrogens with one attached hydrogen (secondary N) is 2. The molecule has 0 aliphatic carbocycles. The number of hydrogen-bond donors (Lipinski definition) is 2. The Morgan fingerprint density at radius 2 is 2.57 bits per heavy atom. The zero-order valence-corrected chi connectivity index (χ0v) is 5.00. The Kier molecular flexibility index (Phi) is 4.04. The van der Waals surface area contributed by atoms with Crippen molar-refractivity contribution in [1.82, 2.24) is 5.32 Å². The van der Waals surface area contributed by atoms with Gasteiger partial charge in [0.15, 0.2) is 0 Å². The molecular weight excluding hydrogens is 112 g/mol. The van der Waals surface area contributed by atoms with Gasteiger partial charge in [0.25, 0.3) is 0 Å². The van der Waals surface area contributed by atoms with Crippen LogP contribution in [0.5, 0.6) is 0 Å². The Hall–Kier alpha value is -0.0800. The van der Waals surface area contributed by atoms with Crippen LogP contribution < -0.4 is 5.32 Å². The van der Waals surface area contributed by atoms with Crippen molar-refractivity contribution >= 4 is 17.8 Å². The number of rotatable bonds is 3. The van der Waals surface area contributed by atoms with Crippen LogP contribution in [0.15, 0.2) is 0 Å². The first-order valence-corrected chi connectivity index (χ1v) is 2.54. The molecule has 0 spiro atoms. The molecule has 0 amide bonds. The Balaban J connectivity index is 2.98. The van der Waals surface area contributed by atoms with Crippen molar-refractivity contribution in [2.24, 2.45) is 0 Å². The van der Waals surface area contributed by atoms with Crippen molar-refractivity contribution in [1.29, 1.82) is 5.41 Å². The summed E-state index contributed by atoms with van der Waals surface area (Å²) in [4.78, 5) is 0. The summed E-state index contributed by atoms with van der Waals surface area (Å²) >= 11 is 5.46. The van der Waals surface area contributed by atoms with Crippen LogP contribution in [0.2, 0.25) is 0 Å². The quantitative estimate of drug-likeness (QED) is 0.412. The second-order valence-electron chi connectivity index (χ2n) is 1.24. The molecule has 7 heavy (non-hydrogen) atoms. The lowest BCUT2D eigenvalue weighted by molar-refractivity contribution is 0.833. The minimum atomic E-state index is -0.148. The lowest BCUT2D eigenvalue weighted by Crippen LogP contribution is -2.19. The molecular formula is C4H9ClN2. The fourth-order valence-electron chi connectivity index (χ4n) is 0.254. The van der Waals surface area contributed by atoms with Crippen molar-refractivity contribution in [3.05, 3.63) is 0 Å². The Morgan fingerprint density at radius 1 is 2.00 bits per heavy atom. The van der Waals surface area contributed by atoms with Crippen LogP contribution >= 0.6 is 11.6 Å². The van der Waals surface area contributed by atoms with E-state index in [9.17, 15) is 0 Å². The lowest BCUT2D eigenvalue weighted by atomic mass is 10.4. The lowest BCUT2D eigenvalue weighted by Gasteiger charge is -1.96. The van der Waals surface area contributed by atoms with Crippen molar-refractivity contribution in [2.45, 2.75) is 5.38 Å². The third kappa shape index (κ3) is 3.76. The number of hydrogen-bond acceptors (Lipinski definition) is 2. The van der Waals surface area contributed by atoms with E-state index in [2.05, 4.69) is 5.32 Å². The Morgan fingerprint density at radius 3 is 2.71 bits per heavy atom. The SMILES string of the molecule is CNCC(Cl)C=N. The predicted molar refractivity (Wildman–Crippen MR) is 32.4 cm³/mol. The highest BCUT2D eigenvalue weighted by molar-refractivity contribution is 6.28. The van der Waals surface area contributed by atoms with Crippen LogP contribution in [-0.2, 0) is 0 Å². The number of alkyl halides is 1. The van der Waals surface area contributed by atoms with Gasteiger partial charge in [-0.25, -0.2) is 0 Å². The van der Waals surface area contributed by atoms with E-state index in [1.807, 2.05) is 0 Å². The van der Waals surface area contributed by atoms with Gasteiger partial charge in [-0.15, -0.1) is 11.6 Å². The zero-order chi connectivity index (χ0) is 5.70. The Bertz CT molecular complexity index is 55.7. The van der Waals surface area contributed by atoms with Gasteiger partial charge in [-0.3, -0.25) is 0 Å². The van der Waals surface area contributed by atoms with E-state index in [0.29, 0.717) is 6.54 Å². The highest BCUT2D eigenvalue weighted by atomic mass is 35.5. The summed E-state index contributed by atoms with van der Waals surface area (Å²) in [6, 6.07) is 0. The molecule has 2 nitrogen and oxygen atoms in total. The van der Waals surface area contributed by atoms with E-state index in [-0.39, 0.29) is 5.38 Å². The molecule has 1 atom stereocenters. The van der Waals surface area contributed by atoms with Gasteiger partial charge in [0.05, 0.1) is 5.38 Å². The van der Waals surface area contributed by atoms with Crippen molar-refractivity contribution in [3.8, 4) is 0 Å². The van der Waals surface area contributed by atoms with Crippen LogP contribution in [-0.4, -0.2) is 25.2 Å². The maximum atomic E-state index is 6.62. The second-order valence-corrected chi connectivity index (χ2v) is 1.80. The molecule has 0 aromatic heterocycles. The summed E-state index contributed by atoms with van der Waals surface area (Å²) in [5.74, 6) is 0. The molecule has 0 rings (SSSR count). The maximum absolute atomic E-state index is 6.62. The Labute approximate surface area is 48.4 Å². The molecule has 0 saturated carbocycles. The molecule has 2 N–H and O–H groups in total. The largest absolute Gasteiger partial charge is 0.318 e. The summed E-state index contributed by atoms with van der Waals surface area (Å²) in [5, 5.41) is 9.30. The molecule has 0 aliphatic rings. The molecule has 0 aromatic rings. The normalized spacial score (nSPS) is 13.4. The smallest absolute Gasteiger partial charge is 0.0805 e. The first-order chi connectivity index (χ1) is 3.31. The summed E-state index contributed by atoms with van der Waals surface area (Å²) < 4.78 is 0. The third-order valence-electron chi connectivity index (χ3n) is 0.580. The molecule has 0 fully saturated rings. The fourth-order valence-corrected chi connectivity index (χ4v) is 0.408. The maximum Gasteiger partial charge on any atom is 0.0805 e.